The molecule has 1 aliphatic heterocycles. The summed E-state index contributed by atoms with van der Waals surface area (Å²) in [6.07, 6.45) is -8.16. The van der Waals surface area contributed by atoms with E-state index in [2.05, 4.69) is 34.3 Å². The zero-order valence-corrected chi connectivity index (χ0v) is 25.7. The minimum atomic E-state index is -4.99. The molecule has 1 aliphatic rings. The van der Waals surface area contributed by atoms with Crippen molar-refractivity contribution in [1.29, 1.82) is 0 Å². The number of rotatable bonds is 12. The molecule has 2 aromatic rings. The molecule has 0 unspecified atom stereocenters. The van der Waals surface area contributed by atoms with Crippen LogP contribution in [0.25, 0.3) is 0 Å². The summed E-state index contributed by atoms with van der Waals surface area (Å²) < 4.78 is 109. The molecule has 5 nitrogen and oxygen atoms in total. The second-order valence-corrected chi connectivity index (χ2v) is 10.5. The number of alkyl halides is 6. The Hall–Kier alpha value is -2.96. The number of hydrogen-bond acceptors (Lipinski definition) is 4. The molecule has 244 valence electrons. The first-order chi connectivity index (χ1) is 20.7. The maximum absolute atomic E-state index is 13.9. The molecule has 1 saturated heterocycles. The van der Waals surface area contributed by atoms with Gasteiger partial charge < -0.3 is 14.4 Å². The van der Waals surface area contributed by atoms with Crippen molar-refractivity contribution >= 4 is 6.21 Å². The standard InChI is InChI=1S/C32H41F7N3O2/c1-6-40(7-2)15-14-28(41(8-3)9-4)21-42-16-17-43-30(29(42)23-10-12-27(33)13-11-23)44-22(5)24-18-25(31(34,35)36)20-26(19-24)32(37,38)39/h10-15,18-20,22,29-30H,6-9,16-17,21H2,1-5H3/q+1/t22-,29+,30-/m1/s1. The first-order valence-corrected chi connectivity index (χ1v) is 14.8. The third-order valence-electron chi connectivity index (χ3n) is 7.77. The van der Waals surface area contributed by atoms with Crippen molar-refractivity contribution in [1.82, 2.24) is 9.80 Å². The predicted molar refractivity (Wildman–Crippen MR) is 155 cm³/mol. The van der Waals surface area contributed by atoms with E-state index in [1.165, 1.54) is 19.1 Å². The monoisotopic (exact) mass is 632 g/mol. The first kappa shape index (κ1) is 35.5. The fourth-order valence-electron chi connectivity index (χ4n) is 5.22. The van der Waals surface area contributed by atoms with Crippen LogP contribution < -0.4 is 0 Å². The molecule has 0 amide bonds. The molecule has 0 N–H and O–H groups in total. The molecule has 0 spiro atoms. The highest BCUT2D eigenvalue weighted by molar-refractivity contribution is 5.67. The molecular formula is C32H41F7N3O2+. The molecule has 44 heavy (non-hydrogen) atoms. The van der Waals surface area contributed by atoms with Crippen molar-refractivity contribution in [2.75, 3.05) is 45.9 Å². The van der Waals surface area contributed by atoms with E-state index in [9.17, 15) is 30.7 Å². The van der Waals surface area contributed by atoms with Gasteiger partial charge in [0.2, 0.25) is 0 Å². The summed E-state index contributed by atoms with van der Waals surface area (Å²) in [5.41, 5.74) is -1.48. The largest absolute Gasteiger partial charge is 0.416 e. The maximum Gasteiger partial charge on any atom is 0.416 e. The van der Waals surface area contributed by atoms with Crippen LogP contribution in [0.2, 0.25) is 0 Å². The van der Waals surface area contributed by atoms with Gasteiger partial charge in [0.15, 0.2) is 12.5 Å². The van der Waals surface area contributed by atoms with Gasteiger partial charge in [0.05, 0.1) is 29.9 Å². The van der Waals surface area contributed by atoms with E-state index in [0.29, 0.717) is 30.8 Å². The molecule has 0 saturated carbocycles. The summed E-state index contributed by atoms with van der Waals surface area (Å²) in [5, 5.41) is 0. The van der Waals surface area contributed by atoms with Crippen LogP contribution in [0.3, 0.4) is 0 Å². The van der Waals surface area contributed by atoms with Crippen molar-refractivity contribution in [3.05, 3.63) is 82.3 Å². The van der Waals surface area contributed by atoms with Crippen LogP contribution >= 0.6 is 0 Å². The molecule has 1 fully saturated rings. The average Bonchev–Trinajstić information content (AvgIpc) is 2.97. The van der Waals surface area contributed by atoms with Crippen molar-refractivity contribution in [3.63, 3.8) is 0 Å². The molecule has 0 aromatic heterocycles. The Morgan fingerprint density at radius 2 is 1.55 bits per heavy atom. The van der Waals surface area contributed by atoms with Gasteiger partial charge in [-0.1, -0.05) is 12.1 Å². The zero-order valence-electron chi connectivity index (χ0n) is 25.7. The number of nitrogens with zero attached hydrogens (tertiary/aromatic N) is 3. The van der Waals surface area contributed by atoms with Gasteiger partial charge in [-0.15, -0.1) is 0 Å². The number of benzene rings is 2. The van der Waals surface area contributed by atoms with E-state index in [4.69, 9.17) is 9.47 Å². The third-order valence-corrected chi connectivity index (χ3v) is 7.77. The van der Waals surface area contributed by atoms with Crippen LogP contribution in [0, 0.1) is 5.82 Å². The van der Waals surface area contributed by atoms with E-state index in [0.717, 1.165) is 31.9 Å². The van der Waals surface area contributed by atoms with Gasteiger partial charge in [0.1, 0.15) is 18.9 Å². The van der Waals surface area contributed by atoms with Crippen LogP contribution in [0.1, 0.15) is 69.0 Å². The number of ether oxygens (including phenoxy) is 2. The predicted octanol–water partition coefficient (Wildman–Crippen LogP) is 7.69. The second kappa shape index (κ2) is 15.4. The summed E-state index contributed by atoms with van der Waals surface area (Å²) in [6.45, 7) is 13.8. The van der Waals surface area contributed by atoms with Gasteiger partial charge in [0.25, 0.3) is 0 Å². The van der Waals surface area contributed by atoms with Crippen molar-refractivity contribution in [3.8, 4) is 0 Å². The number of allylic oxidation sites excluding steroid dienone is 1. The number of hydrogen-bond donors (Lipinski definition) is 0. The van der Waals surface area contributed by atoms with Gasteiger partial charge in [-0.05, 0) is 76.1 Å². The minimum absolute atomic E-state index is 0.0900. The van der Waals surface area contributed by atoms with Crippen LogP contribution in [-0.4, -0.2) is 72.8 Å². The lowest BCUT2D eigenvalue weighted by atomic mass is 10.0. The summed E-state index contributed by atoms with van der Waals surface area (Å²) in [5.74, 6) is -0.455. The zero-order chi connectivity index (χ0) is 32.7. The Kier molecular flexibility index (Phi) is 12.4. The Bertz CT molecular complexity index is 1230. The highest BCUT2D eigenvalue weighted by atomic mass is 19.4. The van der Waals surface area contributed by atoms with E-state index in [1.54, 1.807) is 12.1 Å². The Morgan fingerprint density at radius 3 is 2.05 bits per heavy atom. The fraction of sp³-hybridized carbons (Fsp3) is 0.531. The Balaban J connectivity index is 2.03. The van der Waals surface area contributed by atoms with Crippen molar-refractivity contribution < 1.29 is 44.8 Å². The number of halogens is 7. The highest BCUT2D eigenvalue weighted by Crippen LogP contribution is 2.40. The smallest absolute Gasteiger partial charge is 0.374 e. The Morgan fingerprint density at radius 1 is 0.977 bits per heavy atom. The molecule has 0 aliphatic carbocycles. The SMILES string of the molecule is CCN(CC)/C(=C\C=[N+](CC)CC)CN1CCO[C@H](O[C@H](C)c2cc(C(F)(F)F)cc(C(F)(F)F)c2)[C@@H]1c1ccc(F)cc1. The molecular weight excluding hydrogens is 591 g/mol. The summed E-state index contributed by atoms with van der Waals surface area (Å²) >= 11 is 0. The van der Waals surface area contributed by atoms with Crippen molar-refractivity contribution in [2.45, 2.75) is 65.4 Å². The van der Waals surface area contributed by atoms with Gasteiger partial charge in [-0.25, -0.2) is 8.97 Å². The lowest BCUT2D eigenvalue weighted by Gasteiger charge is -2.43. The van der Waals surface area contributed by atoms with Gasteiger partial charge in [-0.2, -0.15) is 26.3 Å². The van der Waals surface area contributed by atoms with Gasteiger partial charge >= 0.3 is 12.4 Å². The second-order valence-electron chi connectivity index (χ2n) is 10.5. The summed E-state index contributed by atoms with van der Waals surface area (Å²) in [7, 11) is 0. The summed E-state index contributed by atoms with van der Waals surface area (Å²) in [4.78, 5) is 4.29. The molecule has 2 aromatic carbocycles. The quantitative estimate of drug-likeness (QED) is 0.136. The molecule has 1 heterocycles. The van der Waals surface area contributed by atoms with E-state index in [1.807, 2.05) is 20.1 Å². The van der Waals surface area contributed by atoms with Crippen LogP contribution in [0.5, 0.6) is 0 Å². The molecule has 12 heteroatoms. The highest BCUT2D eigenvalue weighted by Gasteiger charge is 2.39. The molecule has 3 rings (SSSR count). The lowest BCUT2D eigenvalue weighted by molar-refractivity contribution is -0.515. The van der Waals surface area contributed by atoms with Crippen LogP contribution in [0.15, 0.2) is 54.2 Å². The maximum atomic E-state index is 13.9. The van der Waals surface area contributed by atoms with Crippen molar-refractivity contribution in [2.24, 2.45) is 0 Å². The average molecular weight is 633 g/mol. The third kappa shape index (κ3) is 9.28. The normalized spacial score (nSPS) is 19.1. The van der Waals surface area contributed by atoms with E-state index >= 15 is 0 Å². The molecule has 0 radical (unpaired) electrons. The Labute approximate surface area is 254 Å². The van der Waals surface area contributed by atoms with Gasteiger partial charge in [-0.3, -0.25) is 4.90 Å². The number of likely N-dealkylation sites (N-methyl/N-ethyl adjacent to an activating group) is 1. The number of morpholine rings is 1. The first-order valence-electron chi connectivity index (χ1n) is 14.8. The van der Waals surface area contributed by atoms with E-state index < -0.39 is 47.7 Å². The summed E-state index contributed by atoms with van der Waals surface area (Å²) in [6, 6.07) is 6.53. The lowest BCUT2D eigenvalue weighted by Crippen LogP contribution is -2.48. The van der Waals surface area contributed by atoms with Gasteiger partial charge in [0, 0.05) is 38.0 Å². The van der Waals surface area contributed by atoms with Crippen LogP contribution in [0.4, 0.5) is 30.7 Å². The minimum Gasteiger partial charge on any atom is -0.374 e. The van der Waals surface area contributed by atoms with Crippen LogP contribution in [-0.2, 0) is 21.8 Å². The molecule has 3 atom stereocenters. The molecule has 0 bridgehead atoms. The topological polar surface area (TPSA) is 27.9 Å². The van der Waals surface area contributed by atoms with E-state index in [-0.39, 0.29) is 18.2 Å². The fourth-order valence-corrected chi connectivity index (χ4v) is 5.22.